The molecule has 0 atom stereocenters. The summed E-state index contributed by atoms with van der Waals surface area (Å²) in [5.74, 6) is -2.69. The molecule has 3 rings (SSSR count). The van der Waals surface area contributed by atoms with Crippen molar-refractivity contribution in [3.05, 3.63) is 64.7 Å². The van der Waals surface area contributed by atoms with Gasteiger partial charge in [-0.2, -0.15) is 4.31 Å². The highest BCUT2D eigenvalue weighted by Gasteiger charge is 2.34. The predicted molar refractivity (Wildman–Crippen MR) is 111 cm³/mol. The van der Waals surface area contributed by atoms with E-state index in [4.69, 9.17) is 0 Å². The Kier molecular flexibility index (Phi) is 6.86. The smallest absolute Gasteiger partial charge is 0.249 e. The van der Waals surface area contributed by atoms with Crippen molar-refractivity contribution in [1.82, 2.24) is 9.21 Å². The lowest BCUT2D eigenvalue weighted by atomic mass is 10.0. The van der Waals surface area contributed by atoms with Crippen LogP contribution in [0.3, 0.4) is 0 Å². The molecule has 166 valence electrons. The van der Waals surface area contributed by atoms with E-state index < -0.39 is 26.6 Å². The van der Waals surface area contributed by atoms with Crippen LogP contribution in [-0.2, 0) is 14.8 Å². The van der Waals surface area contributed by atoms with E-state index in [9.17, 15) is 26.8 Å². The highest BCUT2D eigenvalue weighted by Crippen LogP contribution is 2.24. The van der Waals surface area contributed by atoms with Crippen molar-refractivity contribution < 1.29 is 26.8 Å². The molecule has 0 unspecified atom stereocenters. The van der Waals surface area contributed by atoms with Crippen LogP contribution >= 0.6 is 0 Å². The number of carbonyl (C=O) groups is 2. The van der Waals surface area contributed by atoms with Gasteiger partial charge < -0.3 is 4.90 Å². The normalized spacial score (nSPS) is 15.2. The van der Waals surface area contributed by atoms with Gasteiger partial charge in [0, 0.05) is 44.6 Å². The molecule has 6 nitrogen and oxygen atoms in total. The molecule has 0 aromatic heterocycles. The van der Waals surface area contributed by atoms with Crippen molar-refractivity contribution in [3.8, 4) is 0 Å². The molecule has 0 bridgehead atoms. The lowest BCUT2D eigenvalue weighted by Crippen LogP contribution is -2.50. The molecule has 9 heteroatoms. The summed E-state index contributed by atoms with van der Waals surface area (Å²) in [4.78, 5) is 25.3. The van der Waals surface area contributed by atoms with E-state index in [0.717, 1.165) is 33.6 Å². The number of piperazine rings is 1. The Labute approximate surface area is 180 Å². The van der Waals surface area contributed by atoms with Crippen molar-refractivity contribution in [1.29, 1.82) is 0 Å². The fourth-order valence-electron chi connectivity index (χ4n) is 3.47. The van der Waals surface area contributed by atoms with Gasteiger partial charge in [-0.25, -0.2) is 17.2 Å². The minimum atomic E-state index is -4.35. The molecule has 0 aliphatic carbocycles. The van der Waals surface area contributed by atoms with E-state index in [1.807, 2.05) is 19.9 Å². The number of carbonyl (C=O) groups excluding carboxylic acids is 2. The number of rotatable bonds is 6. The summed E-state index contributed by atoms with van der Waals surface area (Å²) in [6, 6.07) is 8.28. The summed E-state index contributed by atoms with van der Waals surface area (Å²) < 4.78 is 54.1. The molecular weight excluding hydrogens is 426 g/mol. The third-order valence-corrected chi connectivity index (χ3v) is 7.45. The monoisotopic (exact) mass is 450 g/mol. The molecule has 0 saturated carbocycles. The van der Waals surface area contributed by atoms with Crippen LogP contribution in [0.25, 0.3) is 0 Å². The largest absolute Gasteiger partial charge is 0.340 e. The molecule has 2 aromatic carbocycles. The number of amides is 1. The number of hydrogen-bond acceptors (Lipinski definition) is 4. The van der Waals surface area contributed by atoms with Gasteiger partial charge in [0.2, 0.25) is 15.9 Å². The van der Waals surface area contributed by atoms with Crippen LogP contribution < -0.4 is 0 Å². The summed E-state index contributed by atoms with van der Waals surface area (Å²) in [6.07, 6.45) is 0.0702. The minimum Gasteiger partial charge on any atom is -0.340 e. The van der Waals surface area contributed by atoms with Crippen molar-refractivity contribution >= 4 is 21.7 Å². The van der Waals surface area contributed by atoms with Crippen molar-refractivity contribution in [3.63, 3.8) is 0 Å². The molecule has 1 fully saturated rings. The topological polar surface area (TPSA) is 74.8 Å². The van der Waals surface area contributed by atoms with Gasteiger partial charge in [-0.1, -0.05) is 18.2 Å². The maximum atomic E-state index is 13.9. The van der Waals surface area contributed by atoms with E-state index in [-0.39, 0.29) is 50.7 Å². The van der Waals surface area contributed by atoms with E-state index in [0.29, 0.717) is 5.56 Å². The van der Waals surface area contributed by atoms with Gasteiger partial charge in [0.05, 0.1) is 0 Å². The molecular formula is C22H24F2N2O4S. The second-order valence-corrected chi connectivity index (χ2v) is 9.43. The summed E-state index contributed by atoms with van der Waals surface area (Å²) in [5, 5.41) is 0. The molecule has 1 saturated heterocycles. The third-order valence-electron chi connectivity index (χ3n) is 5.50. The number of sulfonamides is 1. The molecule has 1 aliphatic heterocycles. The predicted octanol–water partition coefficient (Wildman–Crippen LogP) is 3.08. The highest BCUT2D eigenvalue weighted by molar-refractivity contribution is 7.89. The molecule has 0 spiro atoms. The number of benzene rings is 2. The number of aryl methyl sites for hydroxylation is 2. The van der Waals surface area contributed by atoms with Crippen molar-refractivity contribution in [2.24, 2.45) is 0 Å². The minimum absolute atomic E-state index is 0.0143. The quantitative estimate of drug-likeness (QED) is 0.634. The lowest BCUT2D eigenvalue weighted by molar-refractivity contribution is -0.132. The number of hydrogen-bond donors (Lipinski definition) is 0. The first-order chi connectivity index (χ1) is 14.6. The zero-order valence-electron chi connectivity index (χ0n) is 17.4. The summed E-state index contributed by atoms with van der Waals surface area (Å²) in [7, 11) is -4.35. The number of ketones is 1. The SMILES string of the molecule is Cc1ccc(C(=O)CCC(=O)N2CCN(S(=O)(=O)c3c(F)cccc3F)CC2)cc1C. The van der Waals surface area contributed by atoms with Crippen LogP contribution in [0, 0.1) is 25.5 Å². The van der Waals surface area contributed by atoms with Gasteiger partial charge in [-0.15, -0.1) is 0 Å². The second-order valence-electron chi connectivity index (χ2n) is 7.56. The van der Waals surface area contributed by atoms with Gasteiger partial charge in [-0.05, 0) is 43.2 Å². The van der Waals surface area contributed by atoms with E-state index in [1.165, 1.54) is 4.90 Å². The summed E-state index contributed by atoms with van der Waals surface area (Å²) in [6.45, 7) is 3.89. The average Bonchev–Trinajstić information content (AvgIpc) is 2.73. The molecule has 1 amide bonds. The van der Waals surface area contributed by atoms with Crippen LogP contribution in [0.5, 0.6) is 0 Å². The maximum Gasteiger partial charge on any atom is 0.249 e. The molecule has 0 radical (unpaired) electrons. The first-order valence-electron chi connectivity index (χ1n) is 9.93. The van der Waals surface area contributed by atoms with Crippen LogP contribution in [0.4, 0.5) is 8.78 Å². The fourth-order valence-corrected chi connectivity index (χ4v) is 5.00. The summed E-state index contributed by atoms with van der Waals surface area (Å²) >= 11 is 0. The van der Waals surface area contributed by atoms with Crippen LogP contribution in [-0.4, -0.2) is 55.5 Å². The Morgan fingerprint density at radius 2 is 1.52 bits per heavy atom. The van der Waals surface area contributed by atoms with E-state index in [2.05, 4.69) is 0 Å². The number of Topliss-reactive ketones (excluding diaryl/α,β-unsaturated/α-hetero) is 1. The molecule has 1 aliphatic rings. The third kappa shape index (κ3) is 4.99. The van der Waals surface area contributed by atoms with Gasteiger partial charge in [0.15, 0.2) is 10.7 Å². The van der Waals surface area contributed by atoms with E-state index >= 15 is 0 Å². The van der Waals surface area contributed by atoms with Gasteiger partial charge in [0.25, 0.3) is 0 Å². The molecule has 1 heterocycles. The van der Waals surface area contributed by atoms with Crippen LogP contribution in [0.15, 0.2) is 41.3 Å². The standard InChI is InChI=1S/C22H24F2N2O4S/c1-15-6-7-17(14-16(15)2)20(27)8-9-21(28)25-10-12-26(13-11-25)31(29,30)22-18(23)4-3-5-19(22)24/h3-7,14H,8-13H2,1-2H3. The van der Waals surface area contributed by atoms with Gasteiger partial charge in [0.1, 0.15) is 11.6 Å². The average molecular weight is 451 g/mol. The molecule has 2 aromatic rings. The Bertz CT molecular complexity index is 1090. The molecule has 31 heavy (non-hydrogen) atoms. The van der Waals surface area contributed by atoms with E-state index in [1.54, 1.807) is 12.1 Å². The Balaban J connectivity index is 1.57. The number of halogens is 2. The fraction of sp³-hybridized carbons (Fsp3) is 0.364. The molecule has 0 N–H and O–H groups in total. The first-order valence-corrected chi connectivity index (χ1v) is 11.4. The van der Waals surface area contributed by atoms with Crippen molar-refractivity contribution in [2.45, 2.75) is 31.6 Å². The van der Waals surface area contributed by atoms with Crippen LogP contribution in [0.1, 0.15) is 34.3 Å². The summed E-state index contributed by atoms with van der Waals surface area (Å²) in [5.41, 5.74) is 2.63. The first kappa shape index (κ1) is 23.0. The zero-order chi connectivity index (χ0) is 22.8. The Hall–Kier alpha value is -2.65. The number of nitrogens with zero attached hydrogens (tertiary/aromatic N) is 2. The maximum absolute atomic E-state index is 13.9. The highest BCUT2D eigenvalue weighted by atomic mass is 32.2. The Morgan fingerprint density at radius 3 is 2.10 bits per heavy atom. The lowest BCUT2D eigenvalue weighted by Gasteiger charge is -2.34. The zero-order valence-corrected chi connectivity index (χ0v) is 18.2. The van der Waals surface area contributed by atoms with Crippen LogP contribution in [0.2, 0.25) is 0 Å². The second kappa shape index (κ2) is 9.23. The Morgan fingerprint density at radius 1 is 0.903 bits per heavy atom. The van der Waals surface area contributed by atoms with Crippen molar-refractivity contribution in [2.75, 3.05) is 26.2 Å². The van der Waals surface area contributed by atoms with Gasteiger partial charge >= 0.3 is 0 Å². The van der Waals surface area contributed by atoms with Gasteiger partial charge in [-0.3, -0.25) is 9.59 Å².